The van der Waals surface area contributed by atoms with Crippen molar-refractivity contribution in [2.45, 2.75) is 17.8 Å². The van der Waals surface area contributed by atoms with Crippen LogP contribution < -0.4 is 10.2 Å². The van der Waals surface area contributed by atoms with Gasteiger partial charge < -0.3 is 5.32 Å². The standard InChI is InChI=1S/C24H18F3N3O2S/c25-24(26,27)18-13-7-8-14-19(18)29-21(31)15-20-22(32)30(17-11-5-2-6-12-17)23(33-20)28-16-9-3-1-4-10-16/h1-14,20H,15H2,(H,29,31)/t20-/m1/s1. The molecule has 9 heteroatoms. The molecule has 0 saturated carbocycles. The average molecular weight is 469 g/mol. The first-order valence-corrected chi connectivity index (χ1v) is 10.9. The SMILES string of the molecule is O=C(C[C@H]1SC(=Nc2ccccc2)N(c2ccccc2)C1=O)Nc1ccccc1C(F)(F)F. The molecule has 1 fully saturated rings. The minimum absolute atomic E-state index is 0.299. The van der Waals surface area contributed by atoms with Crippen LogP contribution in [0.5, 0.6) is 0 Å². The molecule has 0 unspecified atom stereocenters. The van der Waals surface area contributed by atoms with E-state index in [0.29, 0.717) is 16.5 Å². The number of halogens is 3. The molecule has 1 atom stereocenters. The Morgan fingerprint density at radius 2 is 1.55 bits per heavy atom. The van der Waals surface area contributed by atoms with Gasteiger partial charge in [0.25, 0.3) is 0 Å². The second-order valence-electron chi connectivity index (χ2n) is 7.14. The van der Waals surface area contributed by atoms with Gasteiger partial charge in [0.1, 0.15) is 5.25 Å². The maximum Gasteiger partial charge on any atom is 0.418 e. The van der Waals surface area contributed by atoms with E-state index in [9.17, 15) is 22.8 Å². The Kier molecular flexibility index (Phi) is 6.50. The third-order valence-corrected chi connectivity index (χ3v) is 5.94. The van der Waals surface area contributed by atoms with Crippen molar-refractivity contribution in [3.8, 4) is 0 Å². The minimum atomic E-state index is -4.61. The van der Waals surface area contributed by atoms with Crippen molar-refractivity contribution in [1.82, 2.24) is 0 Å². The van der Waals surface area contributed by atoms with Crippen molar-refractivity contribution in [2.75, 3.05) is 10.2 Å². The molecule has 0 spiro atoms. The zero-order chi connectivity index (χ0) is 23.4. The molecule has 5 nitrogen and oxygen atoms in total. The normalized spacial score (nSPS) is 17.4. The first-order valence-electron chi connectivity index (χ1n) is 9.98. The first-order chi connectivity index (χ1) is 15.8. The summed E-state index contributed by atoms with van der Waals surface area (Å²) in [6.45, 7) is 0. The molecule has 4 rings (SSSR count). The number of anilines is 2. The van der Waals surface area contributed by atoms with Crippen LogP contribution in [0, 0.1) is 0 Å². The fraction of sp³-hybridized carbons (Fsp3) is 0.125. The molecule has 2 amide bonds. The summed E-state index contributed by atoms with van der Waals surface area (Å²) in [6.07, 6.45) is -4.91. The van der Waals surface area contributed by atoms with Crippen molar-refractivity contribution in [3.63, 3.8) is 0 Å². The van der Waals surface area contributed by atoms with Crippen LogP contribution in [0.15, 0.2) is 89.9 Å². The van der Waals surface area contributed by atoms with Gasteiger partial charge in [0.15, 0.2) is 5.17 Å². The van der Waals surface area contributed by atoms with E-state index in [1.807, 2.05) is 24.3 Å². The highest BCUT2D eigenvalue weighted by Crippen LogP contribution is 2.37. The third-order valence-electron chi connectivity index (χ3n) is 4.81. The van der Waals surface area contributed by atoms with Crippen molar-refractivity contribution >= 4 is 45.8 Å². The fourth-order valence-electron chi connectivity index (χ4n) is 3.31. The van der Waals surface area contributed by atoms with Gasteiger partial charge in [0.05, 0.1) is 22.6 Å². The van der Waals surface area contributed by atoms with Gasteiger partial charge in [-0.3, -0.25) is 14.5 Å². The van der Waals surface area contributed by atoms with Crippen LogP contribution in [0.3, 0.4) is 0 Å². The number of hydrogen-bond acceptors (Lipinski definition) is 4. The molecule has 1 aliphatic heterocycles. The van der Waals surface area contributed by atoms with E-state index < -0.39 is 22.9 Å². The minimum Gasteiger partial charge on any atom is -0.325 e. The Balaban J connectivity index is 1.57. The van der Waals surface area contributed by atoms with Crippen LogP contribution in [0.1, 0.15) is 12.0 Å². The number of carbonyl (C=O) groups is 2. The van der Waals surface area contributed by atoms with Crippen molar-refractivity contribution < 1.29 is 22.8 Å². The highest BCUT2D eigenvalue weighted by molar-refractivity contribution is 8.16. The second-order valence-corrected chi connectivity index (χ2v) is 8.31. The lowest BCUT2D eigenvalue weighted by Crippen LogP contribution is -2.33. The molecule has 1 aliphatic rings. The van der Waals surface area contributed by atoms with Gasteiger partial charge in [-0.25, -0.2) is 4.99 Å². The average Bonchev–Trinajstić information content (AvgIpc) is 3.09. The van der Waals surface area contributed by atoms with Crippen molar-refractivity contribution in [2.24, 2.45) is 4.99 Å². The van der Waals surface area contributed by atoms with Gasteiger partial charge in [-0.15, -0.1) is 0 Å². The van der Waals surface area contributed by atoms with Crippen LogP contribution in [-0.4, -0.2) is 22.2 Å². The summed E-state index contributed by atoms with van der Waals surface area (Å²) < 4.78 is 39.7. The van der Waals surface area contributed by atoms with E-state index in [1.54, 1.807) is 36.4 Å². The number of carbonyl (C=O) groups excluding carboxylic acids is 2. The predicted octanol–water partition coefficient (Wildman–Crippen LogP) is 5.87. The van der Waals surface area contributed by atoms with Gasteiger partial charge in [-0.1, -0.05) is 60.3 Å². The topological polar surface area (TPSA) is 61.8 Å². The largest absolute Gasteiger partial charge is 0.418 e. The lowest BCUT2D eigenvalue weighted by Gasteiger charge is -2.16. The Hall–Kier alpha value is -3.59. The van der Waals surface area contributed by atoms with Gasteiger partial charge in [0, 0.05) is 6.42 Å². The molecular weight excluding hydrogens is 451 g/mol. The zero-order valence-corrected chi connectivity index (χ0v) is 17.9. The van der Waals surface area contributed by atoms with E-state index in [0.717, 1.165) is 17.8 Å². The van der Waals surface area contributed by atoms with E-state index in [4.69, 9.17) is 0 Å². The molecule has 3 aromatic rings. The molecule has 1 N–H and O–H groups in total. The quantitative estimate of drug-likeness (QED) is 0.508. The molecule has 1 heterocycles. The summed E-state index contributed by atoms with van der Waals surface area (Å²) in [5, 5.41) is 1.87. The fourth-order valence-corrected chi connectivity index (χ4v) is 4.46. The summed E-state index contributed by atoms with van der Waals surface area (Å²) in [5.74, 6) is -1.05. The number of benzene rings is 3. The van der Waals surface area contributed by atoms with Crippen LogP contribution in [0.25, 0.3) is 0 Å². The number of amides is 2. The van der Waals surface area contributed by atoms with Gasteiger partial charge in [-0.2, -0.15) is 13.2 Å². The molecule has 0 aliphatic carbocycles. The molecule has 168 valence electrons. The lowest BCUT2D eigenvalue weighted by molar-refractivity contribution is -0.137. The number of para-hydroxylation sites is 3. The van der Waals surface area contributed by atoms with Crippen molar-refractivity contribution in [3.05, 3.63) is 90.5 Å². The first kappa shape index (κ1) is 22.6. The number of hydrogen-bond donors (Lipinski definition) is 1. The smallest absolute Gasteiger partial charge is 0.325 e. The summed E-state index contributed by atoms with van der Waals surface area (Å²) in [6, 6.07) is 22.7. The Morgan fingerprint density at radius 1 is 0.939 bits per heavy atom. The highest BCUT2D eigenvalue weighted by atomic mass is 32.2. The number of aliphatic imine (C=N–C) groups is 1. The number of thioether (sulfide) groups is 1. The number of amidine groups is 1. The van der Waals surface area contributed by atoms with E-state index in [2.05, 4.69) is 10.3 Å². The maximum absolute atomic E-state index is 13.2. The molecular formula is C24H18F3N3O2S. The van der Waals surface area contributed by atoms with E-state index in [-0.39, 0.29) is 18.0 Å². The summed E-state index contributed by atoms with van der Waals surface area (Å²) >= 11 is 1.11. The van der Waals surface area contributed by atoms with Gasteiger partial charge >= 0.3 is 6.18 Å². The summed E-state index contributed by atoms with van der Waals surface area (Å²) in [7, 11) is 0. The van der Waals surface area contributed by atoms with Crippen LogP contribution in [0.2, 0.25) is 0 Å². The molecule has 0 bridgehead atoms. The molecule has 0 radical (unpaired) electrons. The highest BCUT2D eigenvalue weighted by Gasteiger charge is 2.40. The van der Waals surface area contributed by atoms with Gasteiger partial charge in [0.2, 0.25) is 11.8 Å². The number of nitrogens with zero attached hydrogens (tertiary/aromatic N) is 2. The lowest BCUT2D eigenvalue weighted by atomic mass is 10.1. The van der Waals surface area contributed by atoms with Crippen LogP contribution in [0.4, 0.5) is 30.2 Å². The second kappa shape index (κ2) is 9.50. The van der Waals surface area contributed by atoms with E-state index in [1.165, 1.54) is 23.1 Å². The molecule has 1 saturated heterocycles. The monoisotopic (exact) mass is 469 g/mol. The van der Waals surface area contributed by atoms with Crippen LogP contribution >= 0.6 is 11.8 Å². The molecule has 0 aromatic heterocycles. The predicted molar refractivity (Wildman–Crippen MR) is 124 cm³/mol. The summed E-state index contributed by atoms with van der Waals surface area (Å²) in [4.78, 5) is 31.8. The Bertz CT molecular complexity index is 1180. The summed E-state index contributed by atoms with van der Waals surface area (Å²) in [5.41, 5.74) is -0.0579. The Morgan fingerprint density at radius 3 is 2.21 bits per heavy atom. The van der Waals surface area contributed by atoms with Gasteiger partial charge in [-0.05, 0) is 36.4 Å². The molecule has 3 aromatic carbocycles. The van der Waals surface area contributed by atoms with Crippen molar-refractivity contribution in [1.29, 1.82) is 0 Å². The zero-order valence-electron chi connectivity index (χ0n) is 17.1. The van der Waals surface area contributed by atoms with Crippen LogP contribution in [-0.2, 0) is 15.8 Å². The Labute approximate surface area is 192 Å². The number of rotatable bonds is 5. The maximum atomic E-state index is 13.2. The van der Waals surface area contributed by atoms with E-state index >= 15 is 0 Å². The number of alkyl halides is 3. The molecule has 33 heavy (non-hydrogen) atoms. The third kappa shape index (κ3) is 5.25. The number of nitrogens with one attached hydrogen (secondary N) is 1.